The third kappa shape index (κ3) is 3.28. The summed E-state index contributed by atoms with van der Waals surface area (Å²) >= 11 is 0. The Bertz CT molecular complexity index is 559. The smallest absolute Gasteiger partial charge is 0.175 e. The van der Waals surface area contributed by atoms with Crippen LogP contribution in [-0.4, -0.2) is 45.2 Å². The van der Waals surface area contributed by atoms with Crippen LogP contribution < -0.4 is 5.32 Å². The number of likely N-dealkylation sites (N-methyl/N-ethyl adjacent to an activating group) is 1. The first-order valence-electron chi connectivity index (χ1n) is 6.55. The first kappa shape index (κ1) is 14.3. The molecule has 2 rings (SSSR count). The molecule has 4 nitrogen and oxygen atoms in total. The number of likely N-dealkylation sites (tertiary alicyclic amines) is 1. The fourth-order valence-electron chi connectivity index (χ4n) is 2.51. The summed E-state index contributed by atoms with van der Waals surface area (Å²) in [5.74, 6) is 0. The number of aryl methyl sites for hydroxylation is 1. The first-order chi connectivity index (χ1) is 8.77. The van der Waals surface area contributed by atoms with Crippen molar-refractivity contribution in [2.45, 2.75) is 37.2 Å². The lowest BCUT2D eigenvalue weighted by molar-refractivity contribution is 0.330. The summed E-state index contributed by atoms with van der Waals surface area (Å²) in [5.41, 5.74) is 2.00. The van der Waals surface area contributed by atoms with Gasteiger partial charge in [-0.2, -0.15) is 0 Å². The van der Waals surface area contributed by atoms with Crippen molar-refractivity contribution >= 4 is 15.5 Å². The van der Waals surface area contributed by atoms with Gasteiger partial charge in [0.05, 0.1) is 4.90 Å². The molecule has 0 saturated carbocycles. The van der Waals surface area contributed by atoms with Crippen molar-refractivity contribution in [3.05, 3.63) is 23.8 Å². The monoisotopic (exact) mass is 282 g/mol. The van der Waals surface area contributed by atoms with E-state index in [0.29, 0.717) is 17.0 Å². The highest BCUT2D eigenvalue weighted by Crippen LogP contribution is 2.24. The van der Waals surface area contributed by atoms with Crippen molar-refractivity contribution in [2.24, 2.45) is 0 Å². The van der Waals surface area contributed by atoms with E-state index >= 15 is 0 Å². The van der Waals surface area contributed by atoms with Crippen LogP contribution in [0.4, 0.5) is 5.69 Å². The molecular formula is C14H22N2O2S. The minimum atomic E-state index is -3.15. The van der Waals surface area contributed by atoms with Crippen LogP contribution in [0.25, 0.3) is 0 Å². The molecule has 0 aliphatic carbocycles. The molecule has 1 aliphatic rings. The molecule has 1 saturated heterocycles. The zero-order chi connectivity index (χ0) is 14.2. The fraction of sp³-hybridized carbons (Fsp3) is 0.571. The second-order valence-corrected chi connectivity index (χ2v) is 7.63. The molecule has 2 unspecified atom stereocenters. The van der Waals surface area contributed by atoms with Crippen LogP contribution in [0, 0.1) is 6.92 Å². The van der Waals surface area contributed by atoms with E-state index in [1.807, 2.05) is 13.0 Å². The fourth-order valence-corrected chi connectivity index (χ4v) is 3.15. The highest BCUT2D eigenvalue weighted by atomic mass is 32.2. The molecule has 0 bridgehead atoms. The van der Waals surface area contributed by atoms with Gasteiger partial charge in [-0.1, -0.05) is 6.07 Å². The van der Waals surface area contributed by atoms with Crippen molar-refractivity contribution in [1.82, 2.24) is 4.90 Å². The van der Waals surface area contributed by atoms with E-state index in [2.05, 4.69) is 24.2 Å². The van der Waals surface area contributed by atoms with E-state index in [1.165, 1.54) is 6.26 Å². The van der Waals surface area contributed by atoms with Gasteiger partial charge in [0.1, 0.15) is 0 Å². The molecule has 19 heavy (non-hydrogen) atoms. The summed E-state index contributed by atoms with van der Waals surface area (Å²) < 4.78 is 23.2. The third-order valence-corrected chi connectivity index (χ3v) is 4.99. The number of hydrogen-bond donors (Lipinski definition) is 1. The van der Waals surface area contributed by atoms with E-state index in [4.69, 9.17) is 0 Å². The van der Waals surface area contributed by atoms with Crippen molar-refractivity contribution in [1.29, 1.82) is 0 Å². The molecule has 0 radical (unpaired) electrons. The first-order valence-corrected chi connectivity index (χ1v) is 8.44. The quantitative estimate of drug-likeness (QED) is 0.920. The van der Waals surface area contributed by atoms with Crippen LogP contribution in [0.3, 0.4) is 0 Å². The highest BCUT2D eigenvalue weighted by molar-refractivity contribution is 7.90. The van der Waals surface area contributed by atoms with Gasteiger partial charge in [-0.15, -0.1) is 0 Å². The molecule has 0 aromatic heterocycles. The van der Waals surface area contributed by atoms with E-state index in [-0.39, 0.29) is 0 Å². The van der Waals surface area contributed by atoms with Gasteiger partial charge in [0.2, 0.25) is 0 Å². The Morgan fingerprint density at radius 3 is 2.58 bits per heavy atom. The predicted molar refractivity (Wildman–Crippen MR) is 78.4 cm³/mol. The maximum absolute atomic E-state index is 11.6. The lowest BCUT2D eigenvalue weighted by Gasteiger charge is -2.17. The van der Waals surface area contributed by atoms with Gasteiger partial charge in [0.15, 0.2) is 9.84 Å². The molecule has 0 amide bonds. The van der Waals surface area contributed by atoms with Crippen LogP contribution in [0.15, 0.2) is 23.1 Å². The number of nitrogens with zero attached hydrogens (tertiary/aromatic N) is 1. The third-order valence-electron chi connectivity index (χ3n) is 3.88. The SMILES string of the molecule is Cc1ccc(S(C)(=O)=O)cc1NC1CC(C)N(C)C1. The lowest BCUT2D eigenvalue weighted by atomic mass is 10.1. The minimum absolute atomic E-state index is 0.375. The second-order valence-electron chi connectivity index (χ2n) is 5.61. The van der Waals surface area contributed by atoms with Gasteiger partial charge in [0.25, 0.3) is 0 Å². The van der Waals surface area contributed by atoms with Crippen LogP contribution in [0.2, 0.25) is 0 Å². The van der Waals surface area contributed by atoms with Gasteiger partial charge in [-0.3, -0.25) is 0 Å². The normalized spacial score (nSPS) is 24.6. The lowest BCUT2D eigenvalue weighted by Crippen LogP contribution is -2.25. The molecule has 1 fully saturated rings. The summed E-state index contributed by atoms with van der Waals surface area (Å²) in [4.78, 5) is 2.69. The number of hydrogen-bond acceptors (Lipinski definition) is 4. The van der Waals surface area contributed by atoms with Crippen molar-refractivity contribution in [3.63, 3.8) is 0 Å². The molecule has 0 spiro atoms. The molecule has 1 N–H and O–H groups in total. The second kappa shape index (κ2) is 5.13. The zero-order valence-corrected chi connectivity index (χ0v) is 12.8. The molecule has 1 aliphatic heterocycles. The van der Waals surface area contributed by atoms with E-state index in [1.54, 1.807) is 12.1 Å². The molecule has 1 aromatic rings. The minimum Gasteiger partial charge on any atom is -0.381 e. The van der Waals surface area contributed by atoms with E-state index in [0.717, 1.165) is 24.2 Å². The zero-order valence-electron chi connectivity index (χ0n) is 12.0. The van der Waals surface area contributed by atoms with Crippen LogP contribution in [0.1, 0.15) is 18.9 Å². The van der Waals surface area contributed by atoms with Crippen LogP contribution in [0.5, 0.6) is 0 Å². The maximum atomic E-state index is 11.6. The number of rotatable bonds is 3. The molecule has 5 heteroatoms. The standard InChI is InChI=1S/C14H22N2O2S/c1-10-5-6-13(19(4,17)18)8-14(10)15-12-7-11(2)16(3)9-12/h5-6,8,11-12,15H,7,9H2,1-4H3. The topological polar surface area (TPSA) is 49.4 Å². The predicted octanol–water partition coefficient (Wildman–Crippen LogP) is 1.90. The molecule has 2 atom stereocenters. The summed E-state index contributed by atoms with van der Waals surface area (Å²) in [6.45, 7) is 5.20. The van der Waals surface area contributed by atoms with Crippen molar-refractivity contribution in [3.8, 4) is 0 Å². The summed E-state index contributed by atoms with van der Waals surface area (Å²) in [7, 11) is -1.03. The van der Waals surface area contributed by atoms with E-state index < -0.39 is 9.84 Å². The summed E-state index contributed by atoms with van der Waals surface area (Å²) in [6, 6.07) is 6.22. The molecule has 1 aromatic carbocycles. The largest absolute Gasteiger partial charge is 0.381 e. The van der Waals surface area contributed by atoms with E-state index in [9.17, 15) is 8.42 Å². The Balaban J connectivity index is 2.21. The average molecular weight is 282 g/mol. The Hall–Kier alpha value is -1.07. The Labute approximate surface area is 115 Å². The van der Waals surface area contributed by atoms with Gasteiger partial charge >= 0.3 is 0 Å². The summed E-state index contributed by atoms with van der Waals surface area (Å²) in [5, 5.41) is 3.48. The van der Waals surface area contributed by atoms with Crippen molar-refractivity contribution in [2.75, 3.05) is 25.2 Å². The summed E-state index contributed by atoms with van der Waals surface area (Å²) in [6.07, 6.45) is 2.33. The molecule has 1 heterocycles. The average Bonchev–Trinajstić information content (AvgIpc) is 2.59. The Morgan fingerprint density at radius 2 is 2.05 bits per heavy atom. The van der Waals surface area contributed by atoms with Gasteiger partial charge in [-0.05, 0) is 45.0 Å². The Kier molecular flexibility index (Phi) is 3.87. The van der Waals surface area contributed by atoms with Crippen LogP contribution in [-0.2, 0) is 9.84 Å². The maximum Gasteiger partial charge on any atom is 0.175 e. The Morgan fingerprint density at radius 1 is 1.37 bits per heavy atom. The van der Waals surface area contributed by atoms with Gasteiger partial charge in [0, 0.05) is 30.6 Å². The number of sulfone groups is 1. The van der Waals surface area contributed by atoms with Gasteiger partial charge < -0.3 is 10.2 Å². The van der Waals surface area contributed by atoms with Gasteiger partial charge in [-0.25, -0.2) is 8.42 Å². The molecular weight excluding hydrogens is 260 g/mol. The number of nitrogens with one attached hydrogen (secondary N) is 1. The van der Waals surface area contributed by atoms with Crippen LogP contribution >= 0.6 is 0 Å². The van der Waals surface area contributed by atoms with Crippen molar-refractivity contribution < 1.29 is 8.42 Å². The molecule has 106 valence electrons. The number of anilines is 1. The highest BCUT2D eigenvalue weighted by Gasteiger charge is 2.26. The number of benzene rings is 1.